The average Bonchev–Trinajstić information content (AvgIpc) is 2.69. The van der Waals surface area contributed by atoms with Gasteiger partial charge in [0.1, 0.15) is 11.5 Å². The molecule has 0 fully saturated rings. The van der Waals surface area contributed by atoms with E-state index in [-0.39, 0.29) is 39.6 Å². The molecule has 0 unspecified atom stereocenters. The SMILES string of the molecule is CC(C)(C)c1ccc(C2=C(c3cccc(O)c3)C(=O)c3ccccc3C2=O)cc1O. The maximum Gasteiger partial charge on any atom is 0.195 e. The van der Waals surface area contributed by atoms with Gasteiger partial charge in [-0.1, -0.05) is 69.3 Å². The van der Waals surface area contributed by atoms with Crippen LogP contribution >= 0.6 is 0 Å². The molecule has 150 valence electrons. The summed E-state index contributed by atoms with van der Waals surface area (Å²) in [4.78, 5) is 26.9. The molecule has 3 aromatic rings. The van der Waals surface area contributed by atoms with E-state index in [4.69, 9.17) is 0 Å². The smallest absolute Gasteiger partial charge is 0.195 e. The first-order valence-corrected chi connectivity index (χ1v) is 9.74. The number of carbonyl (C=O) groups excluding carboxylic acids is 2. The molecule has 1 aliphatic carbocycles. The monoisotopic (exact) mass is 398 g/mol. The number of phenols is 2. The summed E-state index contributed by atoms with van der Waals surface area (Å²) in [5, 5.41) is 20.6. The second-order valence-corrected chi connectivity index (χ2v) is 8.49. The minimum absolute atomic E-state index is 0.00406. The maximum absolute atomic E-state index is 13.5. The van der Waals surface area contributed by atoms with E-state index in [0.717, 1.165) is 5.56 Å². The van der Waals surface area contributed by atoms with Crippen LogP contribution in [0.2, 0.25) is 0 Å². The Balaban J connectivity index is 2.02. The van der Waals surface area contributed by atoms with Crippen LogP contribution in [0, 0.1) is 0 Å². The van der Waals surface area contributed by atoms with E-state index in [1.165, 1.54) is 18.2 Å². The van der Waals surface area contributed by atoms with Gasteiger partial charge in [0.15, 0.2) is 11.6 Å². The highest BCUT2D eigenvalue weighted by molar-refractivity contribution is 6.51. The van der Waals surface area contributed by atoms with E-state index in [1.807, 2.05) is 20.8 Å². The number of carbonyl (C=O) groups is 2. The Labute approximate surface area is 175 Å². The maximum atomic E-state index is 13.5. The van der Waals surface area contributed by atoms with Crippen molar-refractivity contribution in [1.82, 2.24) is 0 Å². The summed E-state index contributed by atoms with van der Waals surface area (Å²) in [5.74, 6) is -0.497. The number of Topliss-reactive ketones (excluding diaryl/α,β-unsaturated/α-hetero) is 2. The summed E-state index contributed by atoms with van der Waals surface area (Å²) in [6.45, 7) is 5.97. The van der Waals surface area contributed by atoms with Gasteiger partial charge in [0.2, 0.25) is 0 Å². The first-order valence-electron chi connectivity index (χ1n) is 9.74. The number of aromatic hydroxyl groups is 2. The zero-order chi connectivity index (χ0) is 21.6. The van der Waals surface area contributed by atoms with Crippen LogP contribution in [0.25, 0.3) is 11.1 Å². The lowest BCUT2D eigenvalue weighted by Gasteiger charge is -2.24. The van der Waals surface area contributed by atoms with E-state index in [1.54, 1.807) is 48.5 Å². The van der Waals surface area contributed by atoms with Crippen molar-refractivity contribution in [2.45, 2.75) is 26.2 Å². The Bertz CT molecular complexity index is 1230. The van der Waals surface area contributed by atoms with Gasteiger partial charge in [-0.05, 0) is 40.3 Å². The van der Waals surface area contributed by atoms with Crippen LogP contribution in [0.5, 0.6) is 11.5 Å². The molecular weight excluding hydrogens is 376 g/mol. The fourth-order valence-electron chi connectivity index (χ4n) is 3.91. The molecule has 4 rings (SSSR count). The molecule has 0 saturated carbocycles. The van der Waals surface area contributed by atoms with Gasteiger partial charge in [-0.3, -0.25) is 9.59 Å². The summed E-state index contributed by atoms with van der Waals surface area (Å²) in [6, 6.07) is 18.1. The molecule has 1 aliphatic rings. The van der Waals surface area contributed by atoms with Crippen molar-refractivity contribution in [3.63, 3.8) is 0 Å². The van der Waals surface area contributed by atoms with Gasteiger partial charge in [0.25, 0.3) is 0 Å². The van der Waals surface area contributed by atoms with Crippen molar-refractivity contribution in [2.24, 2.45) is 0 Å². The summed E-state index contributed by atoms with van der Waals surface area (Å²) in [7, 11) is 0. The molecule has 0 bridgehead atoms. The van der Waals surface area contributed by atoms with Gasteiger partial charge in [-0.25, -0.2) is 0 Å². The number of benzene rings is 3. The molecule has 3 aromatic carbocycles. The van der Waals surface area contributed by atoms with Gasteiger partial charge in [-0.2, -0.15) is 0 Å². The van der Waals surface area contributed by atoms with E-state index in [9.17, 15) is 19.8 Å². The molecule has 30 heavy (non-hydrogen) atoms. The van der Waals surface area contributed by atoms with Crippen LogP contribution in [0.15, 0.2) is 66.7 Å². The largest absolute Gasteiger partial charge is 0.508 e. The molecule has 0 aliphatic heterocycles. The van der Waals surface area contributed by atoms with Crippen LogP contribution in [-0.2, 0) is 5.41 Å². The number of hydrogen-bond donors (Lipinski definition) is 2. The van der Waals surface area contributed by atoms with Crippen molar-refractivity contribution in [3.8, 4) is 11.5 Å². The summed E-state index contributed by atoms with van der Waals surface area (Å²) >= 11 is 0. The van der Waals surface area contributed by atoms with Crippen LogP contribution in [-0.4, -0.2) is 21.8 Å². The second-order valence-electron chi connectivity index (χ2n) is 8.49. The van der Waals surface area contributed by atoms with Crippen molar-refractivity contribution in [1.29, 1.82) is 0 Å². The number of hydrogen-bond acceptors (Lipinski definition) is 4. The molecule has 4 heteroatoms. The van der Waals surface area contributed by atoms with Gasteiger partial charge in [-0.15, -0.1) is 0 Å². The highest BCUT2D eigenvalue weighted by Gasteiger charge is 2.34. The van der Waals surface area contributed by atoms with Gasteiger partial charge < -0.3 is 10.2 Å². The molecule has 0 aromatic heterocycles. The van der Waals surface area contributed by atoms with Crippen LogP contribution < -0.4 is 0 Å². The van der Waals surface area contributed by atoms with Crippen molar-refractivity contribution >= 4 is 22.7 Å². The lowest BCUT2D eigenvalue weighted by atomic mass is 9.77. The van der Waals surface area contributed by atoms with Crippen molar-refractivity contribution in [2.75, 3.05) is 0 Å². The van der Waals surface area contributed by atoms with Gasteiger partial charge in [0.05, 0.1) is 0 Å². The number of fused-ring (bicyclic) bond motifs is 1. The molecule has 0 amide bonds. The summed E-state index contributed by atoms with van der Waals surface area (Å²) < 4.78 is 0. The van der Waals surface area contributed by atoms with E-state index in [0.29, 0.717) is 22.3 Å². The lowest BCUT2D eigenvalue weighted by Crippen LogP contribution is -2.21. The van der Waals surface area contributed by atoms with Crippen LogP contribution in [0.1, 0.15) is 58.2 Å². The zero-order valence-electron chi connectivity index (χ0n) is 17.1. The van der Waals surface area contributed by atoms with Crippen LogP contribution in [0.4, 0.5) is 0 Å². The highest BCUT2D eigenvalue weighted by atomic mass is 16.3. The number of phenolic OH excluding ortho intramolecular Hbond substituents is 2. The van der Waals surface area contributed by atoms with Crippen molar-refractivity contribution < 1.29 is 19.8 Å². The molecule has 0 saturated heterocycles. The zero-order valence-corrected chi connectivity index (χ0v) is 17.1. The Morgan fingerprint density at radius 2 is 1.23 bits per heavy atom. The Morgan fingerprint density at radius 1 is 0.667 bits per heavy atom. The predicted octanol–water partition coefficient (Wildman–Crippen LogP) is 5.39. The van der Waals surface area contributed by atoms with E-state index >= 15 is 0 Å². The number of allylic oxidation sites excluding steroid dienone is 2. The minimum atomic E-state index is -0.287. The molecular formula is C26H22O4. The van der Waals surface area contributed by atoms with Gasteiger partial charge in [0, 0.05) is 22.3 Å². The topological polar surface area (TPSA) is 74.6 Å². The molecule has 2 N–H and O–H groups in total. The third-order valence-electron chi connectivity index (χ3n) is 5.35. The lowest BCUT2D eigenvalue weighted by molar-refractivity contribution is 0.101. The molecule has 0 spiro atoms. The predicted molar refractivity (Wildman–Crippen MR) is 117 cm³/mol. The molecule has 0 heterocycles. The molecule has 4 nitrogen and oxygen atoms in total. The minimum Gasteiger partial charge on any atom is -0.508 e. The Morgan fingerprint density at radius 3 is 1.73 bits per heavy atom. The standard InChI is InChI=1S/C26H22O4/c1-26(2,3)20-12-11-16(14-21(20)28)23-22(15-7-6-8-17(27)13-15)24(29)18-9-4-5-10-19(18)25(23)30/h4-14,27-28H,1-3H3. The first kappa shape index (κ1) is 19.6. The first-order chi connectivity index (χ1) is 14.2. The second kappa shape index (κ2) is 6.99. The molecule has 0 radical (unpaired) electrons. The number of ketones is 2. The fourth-order valence-corrected chi connectivity index (χ4v) is 3.91. The fraction of sp³-hybridized carbons (Fsp3) is 0.154. The van der Waals surface area contributed by atoms with E-state index < -0.39 is 0 Å². The Hall–Kier alpha value is -3.66. The van der Waals surface area contributed by atoms with Gasteiger partial charge >= 0.3 is 0 Å². The third kappa shape index (κ3) is 3.20. The van der Waals surface area contributed by atoms with Crippen molar-refractivity contribution in [3.05, 3.63) is 94.5 Å². The average molecular weight is 398 g/mol. The van der Waals surface area contributed by atoms with E-state index in [2.05, 4.69) is 0 Å². The third-order valence-corrected chi connectivity index (χ3v) is 5.35. The number of rotatable bonds is 2. The van der Waals surface area contributed by atoms with Crippen LogP contribution in [0.3, 0.4) is 0 Å². The normalized spacial score (nSPS) is 14.1. The summed E-state index contributed by atoms with van der Waals surface area (Å²) in [5.41, 5.74) is 2.51. The summed E-state index contributed by atoms with van der Waals surface area (Å²) in [6.07, 6.45) is 0. The highest BCUT2D eigenvalue weighted by Crippen LogP contribution is 2.40. The quantitative estimate of drug-likeness (QED) is 0.607. The molecule has 0 atom stereocenters. The Kier molecular flexibility index (Phi) is 4.58.